The SMILES string of the molecule is Cc1ccc(=O)n(CC2(O)C[C@H]3CCC[C@H](C2)N3Cc2cc(F)ccc2F)n1. The molecule has 2 bridgehead atoms. The van der Waals surface area contributed by atoms with E-state index in [0.29, 0.717) is 24.9 Å². The number of benzene rings is 1. The van der Waals surface area contributed by atoms with Crippen molar-refractivity contribution in [2.45, 2.75) is 69.8 Å². The van der Waals surface area contributed by atoms with Crippen molar-refractivity contribution in [3.05, 3.63) is 63.6 Å². The standard InChI is InChI=1S/C21H25F2N3O2/c1-14-5-8-20(27)26(24-14)13-21(28)10-17-3-2-4-18(11-21)25(17)12-15-9-16(22)6-7-19(15)23/h5-9,17-18,28H,2-4,10-13H2,1H3/t17-,18-/m1/s1. The van der Waals surface area contributed by atoms with Crippen LogP contribution in [0.15, 0.2) is 35.1 Å². The van der Waals surface area contributed by atoms with Gasteiger partial charge in [-0.05, 0) is 56.9 Å². The average Bonchev–Trinajstić information content (AvgIpc) is 2.62. The van der Waals surface area contributed by atoms with E-state index in [4.69, 9.17) is 0 Å². The van der Waals surface area contributed by atoms with E-state index in [1.54, 1.807) is 6.07 Å². The summed E-state index contributed by atoms with van der Waals surface area (Å²) in [5.41, 5.74) is -0.188. The van der Waals surface area contributed by atoms with Gasteiger partial charge in [-0.3, -0.25) is 9.69 Å². The summed E-state index contributed by atoms with van der Waals surface area (Å²) in [5.74, 6) is -0.851. The highest BCUT2D eigenvalue weighted by Crippen LogP contribution is 2.40. The third kappa shape index (κ3) is 3.86. The summed E-state index contributed by atoms with van der Waals surface area (Å²) >= 11 is 0. The van der Waals surface area contributed by atoms with Crippen molar-refractivity contribution >= 4 is 0 Å². The molecule has 5 nitrogen and oxygen atoms in total. The van der Waals surface area contributed by atoms with Crippen LogP contribution in [0.4, 0.5) is 8.78 Å². The average molecular weight is 389 g/mol. The fourth-order valence-corrected chi connectivity index (χ4v) is 4.81. The van der Waals surface area contributed by atoms with Crippen molar-refractivity contribution in [1.82, 2.24) is 14.7 Å². The third-order valence-electron chi connectivity index (χ3n) is 6.05. The topological polar surface area (TPSA) is 58.4 Å². The van der Waals surface area contributed by atoms with Crippen molar-refractivity contribution in [2.75, 3.05) is 0 Å². The smallest absolute Gasteiger partial charge is 0.266 e. The fourth-order valence-electron chi connectivity index (χ4n) is 4.81. The number of halogens is 2. The third-order valence-corrected chi connectivity index (χ3v) is 6.05. The van der Waals surface area contributed by atoms with Gasteiger partial charge in [0.2, 0.25) is 0 Å². The molecule has 2 aromatic rings. The van der Waals surface area contributed by atoms with Crippen molar-refractivity contribution in [3.8, 4) is 0 Å². The number of aliphatic hydroxyl groups is 1. The highest BCUT2D eigenvalue weighted by Gasteiger charge is 2.46. The zero-order valence-corrected chi connectivity index (χ0v) is 15.9. The molecule has 1 aromatic carbocycles. The molecule has 28 heavy (non-hydrogen) atoms. The van der Waals surface area contributed by atoms with Crippen LogP contribution in [0.3, 0.4) is 0 Å². The first kappa shape index (κ1) is 19.2. The van der Waals surface area contributed by atoms with Gasteiger partial charge in [-0.15, -0.1) is 0 Å². The summed E-state index contributed by atoms with van der Waals surface area (Å²) in [6, 6.07) is 6.81. The molecule has 0 amide bonds. The van der Waals surface area contributed by atoms with E-state index >= 15 is 0 Å². The zero-order chi connectivity index (χ0) is 19.9. The van der Waals surface area contributed by atoms with Gasteiger partial charge in [-0.2, -0.15) is 5.10 Å². The van der Waals surface area contributed by atoms with Gasteiger partial charge >= 0.3 is 0 Å². The number of nitrogens with zero attached hydrogens (tertiary/aromatic N) is 3. The van der Waals surface area contributed by atoms with Crippen LogP contribution >= 0.6 is 0 Å². The maximum Gasteiger partial charge on any atom is 0.266 e. The highest BCUT2D eigenvalue weighted by molar-refractivity contribution is 5.19. The second-order valence-electron chi connectivity index (χ2n) is 8.25. The second kappa shape index (κ2) is 7.37. The molecule has 4 rings (SSSR count). The van der Waals surface area contributed by atoms with Gasteiger partial charge in [-0.1, -0.05) is 6.42 Å². The van der Waals surface area contributed by atoms with Crippen molar-refractivity contribution in [1.29, 1.82) is 0 Å². The lowest BCUT2D eigenvalue weighted by Crippen LogP contribution is -2.59. The summed E-state index contributed by atoms with van der Waals surface area (Å²) in [6.45, 7) is 2.30. The Kier molecular flexibility index (Phi) is 5.05. The first-order chi connectivity index (χ1) is 13.3. The van der Waals surface area contributed by atoms with Crippen LogP contribution in [0, 0.1) is 18.6 Å². The molecule has 150 valence electrons. The van der Waals surface area contributed by atoms with Gasteiger partial charge in [0, 0.05) is 30.3 Å². The van der Waals surface area contributed by atoms with Crippen LogP contribution in [0.5, 0.6) is 0 Å². The Morgan fingerprint density at radius 2 is 1.89 bits per heavy atom. The van der Waals surface area contributed by atoms with Crippen molar-refractivity contribution in [2.24, 2.45) is 0 Å². The number of fused-ring (bicyclic) bond motifs is 2. The first-order valence-electron chi connectivity index (χ1n) is 9.80. The Bertz CT molecular complexity index is 916. The van der Waals surface area contributed by atoms with Gasteiger partial charge in [0.05, 0.1) is 17.8 Å². The Hall–Kier alpha value is -2.12. The van der Waals surface area contributed by atoms with E-state index < -0.39 is 17.2 Å². The molecule has 0 spiro atoms. The van der Waals surface area contributed by atoms with Crippen LogP contribution < -0.4 is 5.56 Å². The molecule has 3 heterocycles. The lowest BCUT2D eigenvalue weighted by molar-refractivity contribution is -0.105. The van der Waals surface area contributed by atoms with E-state index in [2.05, 4.69) is 10.00 Å². The summed E-state index contributed by atoms with van der Waals surface area (Å²) in [5, 5.41) is 15.5. The minimum absolute atomic E-state index is 0.0701. The number of aromatic nitrogens is 2. The van der Waals surface area contributed by atoms with Crippen LogP contribution in [-0.2, 0) is 13.1 Å². The Balaban J connectivity index is 1.55. The molecular weight excluding hydrogens is 364 g/mol. The van der Waals surface area contributed by atoms with Gasteiger partial charge in [0.25, 0.3) is 5.56 Å². The molecule has 0 aliphatic carbocycles. The van der Waals surface area contributed by atoms with Gasteiger partial charge in [0.15, 0.2) is 0 Å². The molecule has 0 saturated carbocycles. The quantitative estimate of drug-likeness (QED) is 0.874. The van der Waals surface area contributed by atoms with Crippen LogP contribution in [-0.4, -0.2) is 37.5 Å². The number of hydrogen-bond donors (Lipinski definition) is 1. The van der Waals surface area contributed by atoms with E-state index in [1.807, 2.05) is 6.92 Å². The molecule has 1 N–H and O–H groups in total. The minimum Gasteiger partial charge on any atom is -0.388 e. The molecule has 0 unspecified atom stereocenters. The number of rotatable bonds is 4. The predicted octanol–water partition coefficient (Wildman–Crippen LogP) is 2.78. The van der Waals surface area contributed by atoms with Gasteiger partial charge < -0.3 is 5.11 Å². The molecular formula is C21H25F2N3O2. The zero-order valence-electron chi connectivity index (χ0n) is 15.9. The monoisotopic (exact) mass is 389 g/mol. The van der Waals surface area contributed by atoms with Crippen LogP contribution in [0.1, 0.15) is 43.4 Å². The number of aryl methyl sites for hydroxylation is 1. The van der Waals surface area contributed by atoms with Crippen molar-refractivity contribution < 1.29 is 13.9 Å². The van der Waals surface area contributed by atoms with Crippen LogP contribution in [0.2, 0.25) is 0 Å². The van der Waals surface area contributed by atoms with E-state index in [9.17, 15) is 18.7 Å². The second-order valence-corrected chi connectivity index (χ2v) is 8.25. The minimum atomic E-state index is -1.03. The summed E-state index contributed by atoms with van der Waals surface area (Å²) in [4.78, 5) is 14.3. The Morgan fingerprint density at radius 1 is 1.18 bits per heavy atom. The maximum absolute atomic E-state index is 14.1. The lowest BCUT2D eigenvalue weighted by Gasteiger charge is -2.52. The van der Waals surface area contributed by atoms with E-state index in [-0.39, 0.29) is 24.2 Å². The van der Waals surface area contributed by atoms with Gasteiger partial charge in [-0.25, -0.2) is 13.5 Å². The summed E-state index contributed by atoms with van der Waals surface area (Å²) < 4.78 is 29.0. The highest BCUT2D eigenvalue weighted by atomic mass is 19.1. The largest absolute Gasteiger partial charge is 0.388 e. The molecule has 2 aliphatic heterocycles. The number of hydrogen-bond acceptors (Lipinski definition) is 4. The molecule has 2 saturated heterocycles. The number of piperidine rings is 2. The first-order valence-corrected chi connectivity index (χ1v) is 9.80. The summed E-state index contributed by atoms with van der Waals surface area (Å²) in [6.07, 6.45) is 3.82. The Labute approximate surface area is 162 Å². The molecule has 2 fully saturated rings. The molecule has 2 atom stereocenters. The molecule has 7 heteroatoms. The maximum atomic E-state index is 14.1. The lowest BCUT2D eigenvalue weighted by atomic mass is 9.75. The van der Waals surface area contributed by atoms with E-state index in [0.717, 1.165) is 37.1 Å². The van der Waals surface area contributed by atoms with Gasteiger partial charge in [0.1, 0.15) is 11.6 Å². The predicted molar refractivity (Wildman–Crippen MR) is 101 cm³/mol. The molecule has 0 radical (unpaired) electrons. The molecule has 2 aliphatic rings. The molecule has 1 aromatic heterocycles. The van der Waals surface area contributed by atoms with Crippen molar-refractivity contribution in [3.63, 3.8) is 0 Å². The fraction of sp³-hybridized carbons (Fsp3) is 0.524. The Morgan fingerprint density at radius 3 is 2.61 bits per heavy atom. The van der Waals surface area contributed by atoms with E-state index in [1.165, 1.54) is 16.8 Å². The summed E-state index contributed by atoms with van der Waals surface area (Å²) in [7, 11) is 0. The normalized spacial score (nSPS) is 27.7. The van der Waals surface area contributed by atoms with Crippen LogP contribution in [0.25, 0.3) is 0 Å².